The van der Waals surface area contributed by atoms with Gasteiger partial charge in [0.25, 0.3) is 0 Å². The maximum absolute atomic E-state index is 13.3. The van der Waals surface area contributed by atoms with Crippen molar-refractivity contribution in [3.63, 3.8) is 0 Å². The van der Waals surface area contributed by atoms with E-state index in [0.717, 1.165) is 56.9 Å². The molecule has 29 heavy (non-hydrogen) atoms. The third-order valence-corrected chi connectivity index (χ3v) is 8.25. The number of guanidine groups is 2. The summed E-state index contributed by atoms with van der Waals surface area (Å²) in [5.74, 6) is 0.457. The number of nitrogens with zero attached hydrogens (tertiary/aromatic N) is 4. The first kappa shape index (κ1) is 20.2. The van der Waals surface area contributed by atoms with E-state index in [2.05, 4.69) is 9.98 Å². The summed E-state index contributed by atoms with van der Waals surface area (Å²) in [5.41, 5.74) is 13.1. The van der Waals surface area contributed by atoms with E-state index in [1.807, 2.05) is 24.0 Å². The Balaban J connectivity index is 1.77. The molecule has 0 radical (unpaired) electrons. The minimum absolute atomic E-state index is 0.189. The highest BCUT2D eigenvalue weighted by Gasteiger charge is 2.43. The molecule has 4 rings (SSSR count). The Morgan fingerprint density at radius 2 is 1.66 bits per heavy atom. The normalized spacial score (nSPS) is 23.0. The first-order valence-electron chi connectivity index (χ1n) is 10.4. The highest BCUT2D eigenvalue weighted by molar-refractivity contribution is 7.89. The van der Waals surface area contributed by atoms with Crippen molar-refractivity contribution in [2.75, 3.05) is 18.0 Å². The highest BCUT2D eigenvalue weighted by Crippen LogP contribution is 2.40. The molecule has 0 bridgehead atoms. The van der Waals surface area contributed by atoms with Crippen LogP contribution in [0.5, 0.6) is 0 Å². The molecular formula is C20H30N6O2S. The lowest BCUT2D eigenvalue weighted by Crippen LogP contribution is -2.58. The summed E-state index contributed by atoms with van der Waals surface area (Å²) in [6, 6.07) is 5.48. The predicted octanol–water partition coefficient (Wildman–Crippen LogP) is 2.28. The van der Waals surface area contributed by atoms with Crippen LogP contribution in [-0.2, 0) is 10.0 Å². The third-order valence-electron chi connectivity index (χ3n) is 6.21. The van der Waals surface area contributed by atoms with Gasteiger partial charge in [0.05, 0.1) is 4.90 Å². The monoisotopic (exact) mass is 418 g/mol. The van der Waals surface area contributed by atoms with E-state index in [4.69, 9.17) is 11.5 Å². The van der Waals surface area contributed by atoms with Crippen molar-refractivity contribution in [1.29, 1.82) is 0 Å². The van der Waals surface area contributed by atoms with Crippen LogP contribution in [0.3, 0.4) is 0 Å². The van der Waals surface area contributed by atoms with Gasteiger partial charge in [0.1, 0.15) is 5.66 Å². The van der Waals surface area contributed by atoms with Crippen LogP contribution in [0.15, 0.2) is 33.1 Å². The van der Waals surface area contributed by atoms with Gasteiger partial charge in [-0.2, -0.15) is 9.30 Å². The molecule has 1 aromatic rings. The summed E-state index contributed by atoms with van der Waals surface area (Å²) in [4.78, 5) is 11.1. The summed E-state index contributed by atoms with van der Waals surface area (Å²) in [7, 11) is -3.56. The molecule has 3 aliphatic rings. The Hall–Kier alpha value is -2.13. The average Bonchev–Trinajstić information content (AvgIpc) is 2.69. The average molecular weight is 419 g/mol. The third kappa shape index (κ3) is 3.61. The number of hydrogen-bond donors (Lipinski definition) is 2. The lowest BCUT2D eigenvalue weighted by atomic mass is 9.87. The van der Waals surface area contributed by atoms with Crippen molar-refractivity contribution in [2.45, 2.75) is 68.8 Å². The van der Waals surface area contributed by atoms with Crippen LogP contribution in [0.25, 0.3) is 0 Å². The molecule has 2 aliphatic heterocycles. The molecule has 0 aromatic heterocycles. The zero-order valence-corrected chi connectivity index (χ0v) is 17.8. The van der Waals surface area contributed by atoms with E-state index in [-0.39, 0.29) is 11.9 Å². The molecule has 0 unspecified atom stereocenters. The van der Waals surface area contributed by atoms with Crippen molar-refractivity contribution in [3.8, 4) is 0 Å². The number of aliphatic imine (C=N–C) groups is 2. The van der Waals surface area contributed by atoms with E-state index in [9.17, 15) is 8.42 Å². The summed E-state index contributed by atoms with van der Waals surface area (Å²) in [6.45, 7) is 2.98. The first-order valence-corrected chi connectivity index (χ1v) is 11.9. The van der Waals surface area contributed by atoms with Gasteiger partial charge in [0.2, 0.25) is 21.9 Å². The molecule has 9 heteroatoms. The number of hydrogen-bond acceptors (Lipinski definition) is 7. The maximum atomic E-state index is 13.3. The lowest BCUT2D eigenvalue weighted by Gasteiger charge is -2.45. The smallest absolute Gasteiger partial charge is 0.243 e. The quantitative estimate of drug-likeness (QED) is 0.781. The number of nitrogens with two attached hydrogens (primary N) is 2. The largest absolute Gasteiger partial charge is 0.369 e. The van der Waals surface area contributed by atoms with E-state index >= 15 is 0 Å². The Labute approximate surface area is 172 Å². The van der Waals surface area contributed by atoms with Gasteiger partial charge in [-0.25, -0.2) is 13.4 Å². The van der Waals surface area contributed by atoms with Crippen molar-refractivity contribution >= 4 is 27.6 Å². The molecule has 1 saturated carbocycles. The van der Waals surface area contributed by atoms with Gasteiger partial charge in [0, 0.05) is 18.8 Å². The number of benzene rings is 1. The van der Waals surface area contributed by atoms with Crippen LogP contribution in [0.1, 0.15) is 56.9 Å². The Morgan fingerprint density at radius 3 is 2.34 bits per heavy atom. The molecule has 1 aliphatic carbocycles. The van der Waals surface area contributed by atoms with Gasteiger partial charge in [-0.05, 0) is 63.1 Å². The minimum Gasteiger partial charge on any atom is -0.369 e. The van der Waals surface area contributed by atoms with Gasteiger partial charge >= 0.3 is 0 Å². The summed E-state index contributed by atoms with van der Waals surface area (Å²) >= 11 is 0. The lowest BCUT2D eigenvalue weighted by molar-refractivity contribution is 0.305. The SMILES string of the molecule is Cc1ccc(N2C(N)=NC(N)=NC23CCCCC3)cc1S(=O)(=O)N1CCCCC1. The van der Waals surface area contributed by atoms with Gasteiger partial charge in [-0.1, -0.05) is 18.9 Å². The second-order valence-electron chi connectivity index (χ2n) is 8.23. The zero-order valence-electron chi connectivity index (χ0n) is 17.0. The van der Waals surface area contributed by atoms with E-state index < -0.39 is 15.7 Å². The summed E-state index contributed by atoms with van der Waals surface area (Å²) in [6.07, 6.45) is 7.69. The van der Waals surface area contributed by atoms with Gasteiger partial charge < -0.3 is 11.5 Å². The minimum atomic E-state index is -3.56. The van der Waals surface area contributed by atoms with Crippen molar-refractivity contribution in [1.82, 2.24) is 4.31 Å². The van der Waals surface area contributed by atoms with Crippen LogP contribution < -0.4 is 16.4 Å². The van der Waals surface area contributed by atoms with Crippen molar-refractivity contribution < 1.29 is 8.42 Å². The van der Waals surface area contributed by atoms with Gasteiger partial charge in [-0.15, -0.1) is 0 Å². The fourth-order valence-electron chi connectivity index (χ4n) is 4.74. The number of piperidine rings is 1. The molecule has 0 amide bonds. The standard InChI is InChI=1S/C20H30N6O2S/c1-15-8-9-16(14-17(15)29(27,28)25-12-6-3-7-13-25)26-19(22)23-18(21)24-20(26)10-4-2-5-11-20/h8-9,14H,2-7,10-13H2,1H3,(H4,21,22,23,24). The van der Waals surface area contributed by atoms with Crippen molar-refractivity contribution in [3.05, 3.63) is 23.8 Å². The molecule has 1 saturated heterocycles. The summed E-state index contributed by atoms with van der Waals surface area (Å²) in [5, 5.41) is 0. The van der Waals surface area contributed by atoms with E-state index in [0.29, 0.717) is 23.7 Å². The molecular weight excluding hydrogens is 388 g/mol. The molecule has 1 aromatic carbocycles. The molecule has 158 valence electrons. The molecule has 4 N–H and O–H groups in total. The number of aryl methyl sites for hydroxylation is 1. The van der Waals surface area contributed by atoms with Gasteiger partial charge in [-0.3, -0.25) is 4.90 Å². The van der Waals surface area contributed by atoms with Gasteiger partial charge in [0.15, 0.2) is 0 Å². The predicted molar refractivity (Wildman–Crippen MR) is 115 cm³/mol. The fourth-order valence-corrected chi connectivity index (χ4v) is 6.51. The van der Waals surface area contributed by atoms with Crippen molar-refractivity contribution in [2.24, 2.45) is 21.5 Å². The Kier molecular flexibility index (Phi) is 5.29. The van der Waals surface area contributed by atoms with Crippen LogP contribution in [0, 0.1) is 6.92 Å². The van der Waals surface area contributed by atoms with E-state index in [1.165, 1.54) is 0 Å². The number of anilines is 1. The first-order chi connectivity index (χ1) is 13.8. The fraction of sp³-hybridized carbons (Fsp3) is 0.600. The molecule has 2 fully saturated rings. The van der Waals surface area contributed by atoms with E-state index in [1.54, 1.807) is 10.4 Å². The maximum Gasteiger partial charge on any atom is 0.243 e. The van der Waals surface area contributed by atoms with Crippen LogP contribution >= 0.6 is 0 Å². The van der Waals surface area contributed by atoms with Crippen LogP contribution in [0.4, 0.5) is 5.69 Å². The Bertz CT molecular complexity index is 944. The second-order valence-corrected chi connectivity index (χ2v) is 10.1. The topological polar surface area (TPSA) is 117 Å². The van der Waals surface area contributed by atoms with Crippen LogP contribution in [0.2, 0.25) is 0 Å². The number of rotatable bonds is 3. The zero-order chi connectivity index (χ0) is 20.6. The molecule has 1 spiro atoms. The summed E-state index contributed by atoms with van der Waals surface area (Å²) < 4.78 is 28.3. The Morgan fingerprint density at radius 1 is 1.00 bits per heavy atom. The second kappa shape index (κ2) is 7.60. The molecule has 2 heterocycles. The molecule has 8 nitrogen and oxygen atoms in total. The van der Waals surface area contributed by atoms with Crippen LogP contribution in [-0.4, -0.2) is 43.4 Å². The highest BCUT2D eigenvalue weighted by atomic mass is 32.2. The number of sulfonamides is 1. The molecule has 0 atom stereocenters.